The zero-order chi connectivity index (χ0) is 13.3. The number of anilines is 1. The molecule has 1 aromatic rings. The number of aryl methyl sites for hydroxylation is 1. The lowest BCUT2D eigenvalue weighted by Gasteiger charge is -2.37. The van der Waals surface area contributed by atoms with E-state index >= 15 is 0 Å². The van der Waals surface area contributed by atoms with Crippen LogP contribution in [0.1, 0.15) is 52.3 Å². The molecule has 0 saturated carbocycles. The van der Waals surface area contributed by atoms with E-state index < -0.39 is 0 Å². The van der Waals surface area contributed by atoms with Crippen LogP contribution in [0, 0.1) is 0 Å². The Bertz CT molecular complexity index is 396. The zero-order valence-electron chi connectivity index (χ0n) is 12.1. The Kier molecular flexibility index (Phi) is 3.95. The molecule has 1 aliphatic heterocycles. The third-order valence-corrected chi connectivity index (χ3v) is 3.85. The normalized spacial score (nSPS) is 24.9. The van der Waals surface area contributed by atoms with Crippen molar-refractivity contribution in [1.82, 2.24) is 9.55 Å². The highest BCUT2D eigenvalue weighted by Crippen LogP contribution is 2.26. The number of nitrogens with two attached hydrogens (primary N) is 1. The van der Waals surface area contributed by atoms with Gasteiger partial charge in [-0.05, 0) is 40.0 Å². The van der Waals surface area contributed by atoms with Crippen molar-refractivity contribution < 1.29 is 0 Å². The van der Waals surface area contributed by atoms with Crippen LogP contribution in [0.4, 0.5) is 5.95 Å². The zero-order valence-corrected chi connectivity index (χ0v) is 12.1. The lowest BCUT2D eigenvalue weighted by Crippen LogP contribution is -2.46. The molecule has 102 valence electrons. The molecule has 0 aromatic carbocycles. The number of hydrogen-bond donors (Lipinski definition) is 1. The third kappa shape index (κ3) is 2.53. The van der Waals surface area contributed by atoms with Gasteiger partial charge < -0.3 is 15.2 Å². The smallest absolute Gasteiger partial charge is 0.206 e. The van der Waals surface area contributed by atoms with E-state index in [4.69, 9.17) is 10.7 Å². The predicted molar refractivity (Wildman–Crippen MR) is 76.0 cm³/mol. The monoisotopic (exact) mass is 250 g/mol. The minimum absolute atomic E-state index is 0.351. The molecule has 2 atom stereocenters. The molecule has 2 rings (SSSR count). The van der Waals surface area contributed by atoms with Crippen LogP contribution < -0.4 is 10.6 Å². The quantitative estimate of drug-likeness (QED) is 0.895. The number of aromatic nitrogens is 2. The Morgan fingerprint density at radius 1 is 1.50 bits per heavy atom. The number of rotatable bonds is 3. The largest absolute Gasteiger partial charge is 0.339 e. The maximum atomic E-state index is 6.04. The predicted octanol–water partition coefficient (Wildman–Crippen LogP) is 2.34. The van der Waals surface area contributed by atoms with E-state index in [2.05, 4.69) is 43.4 Å². The van der Waals surface area contributed by atoms with Gasteiger partial charge in [0.05, 0.1) is 5.69 Å². The summed E-state index contributed by atoms with van der Waals surface area (Å²) in [5.41, 5.74) is 7.22. The van der Waals surface area contributed by atoms with Crippen molar-refractivity contribution in [2.45, 2.75) is 65.1 Å². The molecule has 1 aromatic heterocycles. The molecule has 2 heterocycles. The van der Waals surface area contributed by atoms with Gasteiger partial charge in [-0.25, -0.2) is 4.98 Å². The maximum Gasteiger partial charge on any atom is 0.206 e. The van der Waals surface area contributed by atoms with Crippen molar-refractivity contribution in [2.75, 3.05) is 11.4 Å². The molecule has 0 aliphatic carbocycles. The van der Waals surface area contributed by atoms with Gasteiger partial charge in [0.2, 0.25) is 5.95 Å². The summed E-state index contributed by atoms with van der Waals surface area (Å²) in [5.74, 6) is 1.13. The molecule has 18 heavy (non-hydrogen) atoms. The lowest BCUT2D eigenvalue weighted by atomic mass is 10.00. The highest BCUT2D eigenvalue weighted by Gasteiger charge is 2.27. The van der Waals surface area contributed by atoms with Crippen LogP contribution in [0.2, 0.25) is 0 Å². The van der Waals surface area contributed by atoms with Gasteiger partial charge in [-0.3, -0.25) is 0 Å². The molecule has 4 nitrogen and oxygen atoms in total. The highest BCUT2D eigenvalue weighted by molar-refractivity contribution is 5.36. The fraction of sp³-hybridized carbons (Fsp3) is 0.786. The van der Waals surface area contributed by atoms with Crippen LogP contribution in [0.15, 0.2) is 6.20 Å². The lowest BCUT2D eigenvalue weighted by molar-refractivity contribution is 0.416. The van der Waals surface area contributed by atoms with Crippen LogP contribution in [0.25, 0.3) is 0 Å². The maximum absolute atomic E-state index is 6.04. The summed E-state index contributed by atoms with van der Waals surface area (Å²) in [4.78, 5) is 7.22. The molecule has 4 heteroatoms. The average Bonchev–Trinajstić information content (AvgIpc) is 2.73. The fourth-order valence-corrected chi connectivity index (χ4v) is 2.70. The third-order valence-electron chi connectivity index (χ3n) is 3.85. The molecular weight excluding hydrogens is 224 g/mol. The molecule has 1 fully saturated rings. The molecule has 0 bridgehead atoms. The summed E-state index contributed by atoms with van der Waals surface area (Å²) in [6.45, 7) is 9.86. The number of nitrogens with zero attached hydrogens (tertiary/aromatic N) is 3. The Balaban J connectivity index is 2.28. The van der Waals surface area contributed by atoms with Gasteiger partial charge in [-0.1, -0.05) is 6.92 Å². The second-order valence-corrected chi connectivity index (χ2v) is 5.71. The van der Waals surface area contributed by atoms with E-state index in [0.717, 1.165) is 31.8 Å². The van der Waals surface area contributed by atoms with Gasteiger partial charge in [0.25, 0.3) is 0 Å². The van der Waals surface area contributed by atoms with Crippen molar-refractivity contribution >= 4 is 5.95 Å². The fourth-order valence-electron chi connectivity index (χ4n) is 2.70. The van der Waals surface area contributed by atoms with Crippen LogP contribution in [-0.4, -0.2) is 28.2 Å². The van der Waals surface area contributed by atoms with Crippen molar-refractivity contribution in [1.29, 1.82) is 0 Å². The number of piperidine rings is 1. The molecule has 2 N–H and O–H groups in total. The number of hydrogen-bond acceptors (Lipinski definition) is 3. The van der Waals surface area contributed by atoms with Gasteiger partial charge in [0, 0.05) is 30.9 Å². The first-order valence-electron chi connectivity index (χ1n) is 7.12. The first-order chi connectivity index (χ1) is 8.52. The van der Waals surface area contributed by atoms with Crippen molar-refractivity contribution in [3.63, 3.8) is 0 Å². The van der Waals surface area contributed by atoms with Crippen LogP contribution in [-0.2, 0) is 6.42 Å². The summed E-state index contributed by atoms with van der Waals surface area (Å²) >= 11 is 0. The van der Waals surface area contributed by atoms with E-state index in [1.807, 2.05) is 0 Å². The number of imidazole rings is 1. The highest BCUT2D eigenvalue weighted by atomic mass is 15.3. The van der Waals surface area contributed by atoms with Crippen molar-refractivity contribution in [2.24, 2.45) is 5.73 Å². The van der Waals surface area contributed by atoms with Gasteiger partial charge >= 0.3 is 0 Å². The van der Waals surface area contributed by atoms with Crippen molar-refractivity contribution in [3.8, 4) is 0 Å². The van der Waals surface area contributed by atoms with E-state index in [0.29, 0.717) is 18.1 Å². The summed E-state index contributed by atoms with van der Waals surface area (Å²) in [7, 11) is 0. The van der Waals surface area contributed by atoms with Crippen LogP contribution in [0.5, 0.6) is 0 Å². The van der Waals surface area contributed by atoms with Gasteiger partial charge in [-0.15, -0.1) is 0 Å². The summed E-state index contributed by atoms with van der Waals surface area (Å²) in [5, 5.41) is 0. The van der Waals surface area contributed by atoms with Gasteiger partial charge in [0.15, 0.2) is 0 Å². The molecule has 0 radical (unpaired) electrons. The summed E-state index contributed by atoms with van der Waals surface area (Å²) < 4.78 is 2.30. The van der Waals surface area contributed by atoms with E-state index in [1.165, 1.54) is 5.69 Å². The van der Waals surface area contributed by atoms with E-state index in [1.54, 1.807) is 0 Å². The standard InChI is InChI=1S/C14H26N4/c1-5-13-9-18(10(2)3)14(16-13)17-7-6-12(15)8-11(17)4/h9-12H,5-8,15H2,1-4H3. The van der Waals surface area contributed by atoms with E-state index in [9.17, 15) is 0 Å². The second kappa shape index (κ2) is 5.31. The Labute approximate surface area is 110 Å². The van der Waals surface area contributed by atoms with Gasteiger partial charge in [0.1, 0.15) is 0 Å². The van der Waals surface area contributed by atoms with Crippen LogP contribution >= 0.6 is 0 Å². The minimum atomic E-state index is 0.351. The first-order valence-corrected chi connectivity index (χ1v) is 7.12. The van der Waals surface area contributed by atoms with Crippen LogP contribution in [0.3, 0.4) is 0 Å². The van der Waals surface area contributed by atoms with Crippen molar-refractivity contribution in [3.05, 3.63) is 11.9 Å². The molecule has 0 amide bonds. The van der Waals surface area contributed by atoms with Gasteiger partial charge in [-0.2, -0.15) is 0 Å². The molecule has 2 unspecified atom stereocenters. The summed E-state index contributed by atoms with van der Waals surface area (Å²) in [6.07, 6.45) is 5.32. The Morgan fingerprint density at radius 2 is 2.22 bits per heavy atom. The molecule has 1 aliphatic rings. The second-order valence-electron chi connectivity index (χ2n) is 5.71. The molecule has 0 spiro atoms. The SMILES string of the molecule is CCc1cn(C(C)C)c(N2CCC(N)CC2C)n1. The topological polar surface area (TPSA) is 47.1 Å². The van der Waals surface area contributed by atoms with E-state index in [-0.39, 0.29) is 0 Å². The first kappa shape index (κ1) is 13.4. The average molecular weight is 250 g/mol. The molecule has 1 saturated heterocycles. The summed E-state index contributed by atoms with van der Waals surface area (Å²) in [6, 6.07) is 1.29. The Hall–Kier alpha value is -1.03. The Morgan fingerprint density at radius 3 is 2.78 bits per heavy atom. The molecular formula is C14H26N4. The minimum Gasteiger partial charge on any atom is -0.339 e.